The van der Waals surface area contributed by atoms with Crippen molar-refractivity contribution in [2.24, 2.45) is 17.8 Å². The molecule has 0 N–H and O–H groups in total. The number of thiocyanates is 1. The molecule has 2 aliphatic rings. The van der Waals surface area contributed by atoms with Crippen molar-refractivity contribution in [1.29, 1.82) is 5.26 Å². The van der Waals surface area contributed by atoms with E-state index in [1.807, 2.05) is 0 Å². The van der Waals surface area contributed by atoms with E-state index in [0.717, 1.165) is 36.2 Å². The van der Waals surface area contributed by atoms with Gasteiger partial charge < -0.3 is 0 Å². The fraction of sp³-hybridized carbons (Fsp3) is 0.577. The van der Waals surface area contributed by atoms with Gasteiger partial charge in [0.15, 0.2) is 0 Å². The second-order valence-electron chi connectivity index (χ2n) is 8.75. The second kappa shape index (κ2) is 11.6. The molecule has 0 aliphatic heterocycles. The Morgan fingerprint density at radius 1 is 1.00 bits per heavy atom. The van der Waals surface area contributed by atoms with Crippen LogP contribution in [-0.2, 0) is 0 Å². The molecule has 1 aromatic carbocycles. The Labute approximate surface area is 184 Å². The van der Waals surface area contributed by atoms with Gasteiger partial charge in [-0.05, 0) is 79.3 Å². The highest BCUT2D eigenvalue weighted by Gasteiger charge is 2.28. The van der Waals surface area contributed by atoms with Crippen LogP contribution in [0.25, 0.3) is 0 Å². The summed E-state index contributed by atoms with van der Waals surface area (Å²) in [5.41, 5.74) is 1.40. The standard InChI is InChI=1S/C26H31F2NS/c1-2-3-4-5-19-8-12-22(13-9-19)23-14-10-20(11-15-23)6-7-21-16-24(27)26(30-18-29)25(28)17-21/h10,16-17,19,22-23H,2-5,8-9,11-15H2,1H3. The second-order valence-corrected chi connectivity index (χ2v) is 9.55. The van der Waals surface area contributed by atoms with E-state index >= 15 is 0 Å². The number of hydrogen-bond acceptors (Lipinski definition) is 2. The Bertz CT molecular complexity index is 827. The Morgan fingerprint density at radius 3 is 2.33 bits per heavy atom. The van der Waals surface area contributed by atoms with E-state index in [0.29, 0.717) is 17.3 Å². The van der Waals surface area contributed by atoms with Crippen LogP contribution in [0.3, 0.4) is 0 Å². The van der Waals surface area contributed by atoms with Gasteiger partial charge in [0, 0.05) is 5.56 Å². The summed E-state index contributed by atoms with van der Waals surface area (Å²) in [6, 6.07) is 2.42. The van der Waals surface area contributed by atoms with Crippen molar-refractivity contribution in [1.82, 2.24) is 0 Å². The molecule has 1 fully saturated rings. The number of nitriles is 1. The van der Waals surface area contributed by atoms with Crippen LogP contribution in [0, 0.1) is 51.9 Å². The summed E-state index contributed by atoms with van der Waals surface area (Å²) in [6.45, 7) is 2.27. The monoisotopic (exact) mass is 427 g/mol. The lowest BCUT2D eigenvalue weighted by molar-refractivity contribution is 0.186. The summed E-state index contributed by atoms with van der Waals surface area (Å²) in [5.74, 6) is 7.12. The molecule has 0 heterocycles. The predicted octanol–water partition coefficient (Wildman–Crippen LogP) is 8.00. The highest BCUT2D eigenvalue weighted by molar-refractivity contribution is 8.03. The van der Waals surface area contributed by atoms with Crippen LogP contribution in [0.4, 0.5) is 8.78 Å². The number of hydrogen-bond donors (Lipinski definition) is 0. The molecule has 1 nitrogen and oxygen atoms in total. The zero-order chi connectivity index (χ0) is 21.3. The molecule has 0 radical (unpaired) electrons. The third-order valence-corrected chi connectivity index (χ3v) is 7.42. The van der Waals surface area contributed by atoms with Crippen molar-refractivity contribution in [3.8, 4) is 17.2 Å². The summed E-state index contributed by atoms with van der Waals surface area (Å²) in [6.07, 6.45) is 16.5. The first kappa shape index (κ1) is 22.9. The van der Waals surface area contributed by atoms with Gasteiger partial charge in [0.2, 0.25) is 0 Å². The Hall–Kier alpha value is -1.78. The molecule has 3 rings (SSSR count). The first-order valence-electron chi connectivity index (χ1n) is 11.4. The average molecular weight is 428 g/mol. The van der Waals surface area contributed by atoms with Crippen LogP contribution in [0.1, 0.15) is 83.1 Å². The van der Waals surface area contributed by atoms with E-state index in [2.05, 4.69) is 24.8 Å². The van der Waals surface area contributed by atoms with Crippen LogP contribution in [0.5, 0.6) is 0 Å². The smallest absolute Gasteiger partial charge is 0.142 e. The summed E-state index contributed by atoms with van der Waals surface area (Å²) in [7, 11) is 0. The maximum atomic E-state index is 13.9. The number of halogens is 2. The maximum Gasteiger partial charge on any atom is 0.142 e. The van der Waals surface area contributed by atoms with Crippen molar-refractivity contribution in [2.75, 3.05) is 0 Å². The summed E-state index contributed by atoms with van der Waals surface area (Å²) < 4.78 is 27.9. The molecule has 4 heteroatoms. The van der Waals surface area contributed by atoms with Crippen LogP contribution in [0.2, 0.25) is 0 Å². The van der Waals surface area contributed by atoms with Gasteiger partial charge in [-0.15, -0.1) is 0 Å². The van der Waals surface area contributed by atoms with Crippen molar-refractivity contribution < 1.29 is 8.78 Å². The van der Waals surface area contributed by atoms with E-state index in [1.54, 1.807) is 5.40 Å². The summed E-state index contributed by atoms with van der Waals surface area (Å²) in [4.78, 5) is -0.261. The molecule has 0 bridgehead atoms. The topological polar surface area (TPSA) is 23.8 Å². The molecule has 1 aromatic rings. The van der Waals surface area contributed by atoms with Crippen molar-refractivity contribution >= 4 is 11.8 Å². The quantitative estimate of drug-likeness (QED) is 0.199. The third kappa shape index (κ3) is 6.36. The number of nitrogens with zero attached hydrogens (tertiary/aromatic N) is 1. The van der Waals surface area contributed by atoms with E-state index in [4.69, 9.17) is 5.26 Å². The van der Waals surface area contributed by atoms with E-state index in [1.165, 1.54) is 69.9 Å². The molecule has 1 atom stereocenters. The number of benzene rings is 1. The lowest BCUT2D eigenvalue weighted by Crippen LogP contribution is -2.23. The lowest BCUT2D eigenvalue weighted by atomic mass is 9.70. The Kier molecular flexibility index (Phi) is 8.83. The van der Waals surface area contributed by atoms with Crippen molar-refractivity contribution in [3.63, 3.8) is 0 Å². The van der Waals surface area contributed by atoms with Gasteiger partial charge in [-0.3, -0.25) is 0 Å². The third-order valence-electron chi connectivity index (χ3n) is 6.74. The first-order valence-corrected chi connectivity index (χ1v) is 12.2. The molecule has 0 saturated heterocycles. The normalized spacial score (nSPS) is 23.8. The minimum absolute atomic E-state index is 0.261. The van der Waals surface area contributed by atoms with Crippen LogP contribution >= 0.6 is 11.8 Å². The molecule has 0 spiro atoms. The molecule has 30 heavy (non-hydrogen) atoms. The van der Waals surface area contributed by atoms with Gasteiger partial charge in [0.25, 0.3) is 0 Å². The Balaban J connectivity index is 1.51. The molecule has 2 aliphatic carbocycles. The molecular weight excluding hydrogens is 396 g/mol. The molecule has 1 saturated carbocycles. The number of unbranched alkanes of at least 4 members (excludes halogenated alkanes) is 2. The fourth-order valence-electron chi connectivity index (χ4n) is 4.96. The zero-order valence-electron chi connectivity index (χ0n) is 17.9. The Morgan fingerprint density at radius 2 is 1.73 bits per heavy atom. The van der Waals surface area contributed by atoms with Gasteiger partial charge in [0.1, 0.15) is 17.0 Å². The van der Waals surface area contributed by atoms with Gasteiger partial charge >= 0.3 is 0 Å². The van der Waals surface area contributed by atoms with Crippen molar-refractivity contribution in [3.05, 3.63) is 41.0 Å². The fourth-order valence-corrected chi connectivity index (χ4v) is 5.36. The number of rotatable bonds is 6. The highest BCUT2D eigenvalue weighted by Crippen LogP contribution is 2.40. The summed E-state index contributed by atoms with van der Waals surface area (Å²) >= 11 is 0.498. The molecule has 0 amide bonds. The first-order chi connectivity index (χ1) is 14.6. The van der Waals surface area contributed by atoms with E-state index in [-0.39, 0.29) is 4.90 Å². The summed E-state index contributed by atoms with van der Waals surface area (Å²) in [5, 5.41) is 10.3. The van der Waals surface area contributed by atoms with Crippen LogP contribution in [0.15, 0.2) is 28.7 Å². The number of thioether (sulfide) groups is 1. The molecule has 160 valence electrons. The van der Waals surface area contributed by atoms with Gasteiger partial charge in [-0.2, -0.15) is 5.26 Å². The molecule has 1 unspecified atom stereocenters. The van der Waals surface area contributed by atoms with Gasteiger partial charge in [-0.25, -0.2) is 8.78 Å². The van der Waals surface area contributed by atoms with E-state index < -0.39 is 11.6 Å². The SMILES string of the molecule is CCCCCC1CCC(C2CC=C(C#Cc3cc(F)c(SC#N)c(F)c3)CC2)CC1. The lowest BCUT2D eigenvalue weighted by Gasteiger charge is -2.35. The van der Waals surface area contributed by atoms with Crippen LogP contribution in [-0.4, -0.2) is 0 Å². The van der Waals surface area contributed by atoms with Gasteiger partial charge in [-0.1, -0.05) is 63.4 Å². The molecular formula is C26H31F2NS. The average Bonchev–Trinajstić information content (AvgIpc) is 2.76. The minimum Gasteiger partial charge on any atom is -0.206 e. The van der Waals surface area contributed by atoms with Gasteiger partial charge in [0.05, 0.1) is 4.90 Å². The largest absolute Gasteiger partial charge is 0.206 e. The maximum absolute atomic E-state index is 13.9. The molecule has 0 aromatic heterocycles. The predicted molar refractivity (Wildman–Crippen MR) is 120 cm³/mol. The zero-order valence-corrected chi connectivity index (χ0v) is 18.7. The van der Waals surface area contributed by atoms with Crippen molar-refractivity contribution in [2.45, 2.75) is 82.4 Å². The van der Waals surface area contributed by atoms with Crippen LogP contribution < -0.4 is 0 Å². The highest BCUT2D eigenvalue weighted by atomic mass is 32.2. The van der Waals surface area contributed by atoms with E-state index in [9.17, 15) is 8.78 Å². The minimum atomic E-state index is -0.728. The number of allylic oxidation sites excluding steroid dienone is 2.